The molecule has 0 amide bonds. The van der Waals surface area contributed by atoms with Crippen molar-refractivity contribution >= 4 is 11.6 Å². The minimum Gasteiger partial charge on any atom is -0.385 e. The van der Waals surface area contributed by atoms with Crippen molar-refractivity contribution in [2.75, 3.05) is 38.8 Å². The number of hydrogen-bond acceptors (Lipinski definition) is 2. The highest BCUT2D eigenvalue weighted by Gasteiger charge is 2.21. The van der Waals surface area contributed by atoms with Gasteiger partial charge in [-0.05, 0) is 24.5 Å². The maximum absolute atomic E-state index is 5.05. The third-order valence-electron chi connectivity index (χ3n) is 3.16. The van der Waals surface area contributed by atoms with E-state index in [0.717, 1.165) is 38.5 Å². The Balaban J connectivity index is 1.98. The van der Waals surface area contributed by atoms with Crippen LogP contribution in [0.15, 0.2) is 29.3 Å². The van der Waals surface area contributed by atoms with E-state index < -0.39 is 0 Å². The highest BCUT2D eigenvalue weighted by atomic mass is 16.5. The molecule has 0 saturated carbocycles. The zero-order chi connectivity index (χ0) is 12.8. The number of ether oxygens (including phenoxy) is 1. The number of guanidine groups is 1. The minimum absolute atomic E-state index is 0.778. The van der Waals surface area contributed by atoms with Crippen LogP contribution in [0.3, 0.4) is 0 Å². The van der Waals surface area contributed by atoms with Crippen LogP contribution < -0.4 is 10.2 Å². The largest absolute Gasteiger partial charge is 0.385 e. The van der Waals surface area contributed by atoms with Crippen LogP contribution in [0.25, 0.3) is 0 Å². The number of aliphatic imine (C=N–C) groups is 1. The van der Waals surface area contributed by atoms with Gasteiger partial charge < -0.3 is 15.0 Å². The van der Waals surface area contributed by atoms with Crippen LogP contribution in [-0.4, -0.2) is 39.8 Å². The summed E-state index contributed by atoms with van der Waals surface area (Å²) >= 11 is 0. The first-order chi connectivity index (χ1) is 8.86. The molecule has 1 aliphatic heterocycles. The predicted molar refractivity (Wildman–Crippen MR) is 75.3 cm³/mol. The number of anilines is 1. The van der Waals surface area contributed by atoms with Gasteiger partial charge in [-0.25, -0.2) is 0 Å². The molecule has 0 spiro atoms. The number of methoxy groups -OCH3 is 1. The van der Waals surface area contributed by atoms with Crippen LogP contribution in [-0.2, 0) is 11.2 Å². The van der Waals surface area contributed by atoms with Crippen LogP contribution in [0.2, 0.25) is 0 Å². The summed E-state index contributed by atoms with van der Waals surface area (Å²) < 4.78 is 5.05. The highest BCUT2D eigenvalue weighted by molar-refractivity contribution is 5.97. The van der Waals surface area contributed by atoms with Crippen molar-refractivity contribution < 1.29 is 4.74 Å². The molecule has 0 fully saturated rings. The van der Waals surface area contributed by atoms with Gasteiger partial charge >= 0.3 is 0 Å². The van der Waals surface area contributed by atoms with Gasteiger partial charge in [-0.3, -0.25) is 4.99 Å². The van der Waals surface area contributed by atoms with E-state index in [-0.39, 0.29) is 0 Å². The fraction of sp³-hybridized carbons (Fsp3) is 0.500. The van der Waals surface area contributed by atoms with Crippen LogP contribution >= 0.6 is 0 Å². The third-order valence-corrected chi connectivity index (χ3v) is 3.16. The second-order valence-electron chi connectivity index (χ2n) is 4.35. The van der Waals surface area contributed by atoms with Gasteiger partial charge in [-0.2, -0.15) is 0 Å². The topological polar surface area (TPSA) is 36.9 Å². The smallest absolute Gasteiger partial charge is 0.198 e. The van der Waals surface area contributed by atoms with E-state index in [1.807, 2.05) is 7.05 Å². The standard InChI is InChI=1S/C14H21N3O/c1-15-14(16-9-5-11-18-2)17-10-8-12-6-3-4-7-13(12)17/h3-4,6-7H,5,8-11H2,1-2H3,(H,15,16). The Morgan fingerprint density at radius 2 is 2.28 bits per heavy atom. The van der Waals surface area contributed by atoms with E-state index in [0.29, 0.717) is 0 Å². The monoisotopic (exact) mass is 247 g/mol. The lowest BCUT2D eigenvalue weighted by molar-refractivity contribution is 0.195. The molecule has 98 valence electrons. The van der Waals surface area contributed by atoms with E-state index in [2.05, 4.69) is 39.5 Å². The van der Waals surface area contributed by atoms with Gasteiger partial charge in [0.1, 0.15) is 0 Å². The SMILES string of the molecule is CN=C(NCCCOC)N1CCc2ccccc21. The Bertz CT molecular complexity index is 417. The molecule has 1 heterocycles. The lowest BCUT2D eigenvalue weighted by Crippen LogP contribution is -2.41. The van der Waals surface area contributed by atoms with Gasteiger partial charge in [0.25, 0.3) is 0 Å². The fourth-order valence-corrected chi connectivity index (χ4v) is 2.27. The molecule has 4 nitrogen and oxygen atoms in total. The van der Waals surface area contributed by atoms with Crippen molar-refractivity contribution in [2.24, 2.45) is 4.99 Å². The summed E-state index contributed by atoms with van der Waals surface area (Å²) in [6.07, 6.45) is 2.08. The quantitative estimate of drug-likeness (QED) is 0.499. The van der Waals surface area contributed by atoms with E-state index in [4.69, 9.17) is 4.74 Å². The number of para-hydroxylation sites is 1. The summed E-state index contributed by atoms with van der Waals surface area (Å²) in [7, 11) is 3.56. The molecule has 4 heteroatoms. The van der Waals surface area contributed by atoms with Crippen molar-refractivity contribution in [1.29, 1.82) is 0 Å². The average Bonchev–Trinajstić information content (AvgIpc) is 2.83. The summed E-state index contributed by atoms with van der Waals surface area (Å²) in [6, 6.07) is 8.52. The zero-order valence-electron chi connectivity index (χ0n) is 11.1. The molecule has 0 unspecified atom stereocenters. The Kier molecular flexibility index (Phi) is 4.59. The molecule has 1 N–H and O–H groups in total. The first-order valence-corrected chi connectivity index (χ1v) is 6.42. The molecule has 0 aliphatic carbocycles. The second kappa shape index (κ2) is 6.40. The van der Waals surface area contributed by atoms with Gasteiger partial charge in [0, 0.05) is 39.5 Å². The maximum Gasteiger partial charge on any atom is 0.198 e. The molecule has 1 aliphatic rings. The van der Waals surface area contributed by atoms with Crippen LogP contribution in [0.4, 0.5) is 5.69 Å². The van der Waals surface area contributed by atoms with E-state index >= 15 is 0 Å². The first kappa shape index (κ1) is 12.9. The van der Waals surface area contributed by atoms with Crippen molar-refractivity contribution in [3.63, 3.8) is 0 Å². The molecule has 0 saturated heterocycles. The number of hydrogen-bond donors (Lipinski definition) is 1. The molecule has 1 aromatic carbocycles. The molecular weight excluding hydrogens is 226 g/mol. The molecular formula is C14H21N3O. The number of rotatable bonds is 4. The van der Waals surface area contributed by atoms with Gasteiger partial charge in [0.2, 0.25) is 0 Å². The summed E-state index contributed by atoms with van der Waals surface area (Å²) in [4.78, 5) is 6.61. The molecule has 0 bridgehead atoms. The summed E-state index contributed by atoms with van der Waals surface area (Å²) in [6.45, 7) is 2.67. The van der Waals surface area contributed by atoms with Crippen molar-refractivity contribution in [2.45, 2.75) is 12.8 Å². The Morgan fingerprint density at radius 3 is 3.06 bits per heavy atom. The molecule has 0 atom stereocenters. The highest BCUT2D eigenvalue weighted by Crippen LogP contribution is 2.27. The molecule has 0 radical (unpaired) electrons. The summed E-state index contributed by atoms with van der Waals surface area (Å²) in [5, 5.41) is 3.38. The molecule has 1 aromatic rings. The van der Waals surface area contributed by atoms with E-state index in [1.54, 1.807) is 7.11 Å². The zero-order valence-corrected chi connectivity index (χ0v) is 11.1. The Hall–Kier alpha value is -1.55. The lowest BCUT2D eigenvalue weighted by atomic mass is 10.2. The number of nitrogens with zero attached hydrogens (tertiary/aromatic N) is 2. The van der Waals surface area contributed by atoms with Crippen LogP contribution in [0.5, 0.6) is 0 Å². The Morgan fingerprint density at radius 1 is 1.44 bits per heavy atom. The minimum atomic E-state index is 0.778. The van der Waals surface area contributed by atoms with Gasteiger partial charge in [-0.1, -0.05) is 18.2 Å². The average molecular weight is 247 g/mol. The fourth-order valence-electron chi connectivity index (χ4n) is 2.27. The Labute approximate surface area is 109 Å². The lowest BCUT2D eigenvalue weighted by Gasteiger charge is -2.22. The van der Waals surface area contributed by atoms with Gasteiger partial charge in [0.05, 0.1) is 0 Å². The third kappa shape index (κ3) is 2.82. The van der Waals surface area contributed by atoms with Crippen molar-refractivity contribution in [1.82, 2.24) is 5.32 Å². The van der Waals surface area contributed by atoms with Gasteiger partial charge in [0.15, 0.2) is 5.96 Å². The number of nitrogens with one attached hydrogen (secondary N) is 1. The van der Waals surface area contributed by atoms with Gasteiger partial charge in [-0.15, -0.1) is 0 Å². The van der Waals surface area contributed by atoms with Crippen molar-refractivity contribution in [3.8, 4) is 0 Å². The maximum atomic E-state index is 5.05. The summed E-state index contributed by atoms with van der Waals surface area (Å²) in [5.41, 5.74) is 2.68. The molecule has 18 heavy (non-hydrogen) atoms. The number of benzene rings is 1. The van der Waals surface area contributed by atoms with Crippen LogP contribution in [0.1, 0.15) is 12.0 Å². The predicted octanol–water partition coefficient (Wildman–Crippen LogP) is 1.66. The van der Waals surface area contributed by atoms with Crippen molar-refractivity contribution in [3.05, 3.63) is 29.8 Å². The molecule has 2 rings (SSSR count). The normalized spacial score (nSPS) is 14.8. The van der Waals surface area contributed by atoms with E-state index in [1.165, 1.54) is 11.3 Å². The second-order valence-corrected chi connectivity index (χ2v) is 4.35. The van der Waals surface area contributed by atoms with Crippen LogP contribution in [0, 0.1) is 0 Å². The molecule has 0 aromatic heterocycles. The first-order valence-electron chi connectivity index (χ1n) is 6.42. The van der Waals surface area contributed by atoms with E-state index in [9.17, 15) is 0 Å². The number of fused-ring (bicyclic) bond motifs is 1. The summed E-state index contributed by atoms with van der Waals surface area (Å²) in [5.74, 6) is 0.955.